The average Bonchev–Trinajstić information content (AvgIpc) is 2.45. The van der Waals surface area contributed by atoms with Gasteiger partial charge < -0.3 is 10.0 Å². The fourth-order valence-corrected chi connectivity index (χ4v) is 2.85. The molecule has 0 saturated heterocycles. The largest absolute Gasteiger partial charge is 0.477 e. The molecule has 1 rings (SSSR count). The Hall–Kier alpha value is -1.96. The van der Waals surface area contributed by atoms with Crippen LogP contribution in [0.1, 0.15) is 34.8 Å². The summed E-state index contributed by atoms with van der Waals surface area (Å²) in [5.74, 6) is -1.89. The highest BCUT2D eigenvalue weighted by Crippen LogP contribution is 2.08. The zero-order chi connectivity index (χ0) is 16.2. The molecule has 0 spiro atoms. The molecule has 116 valence electrons. The van der Waals surface area contributed by atoms with Crippen LogP contribution in [0.15, 0.2) is 18.2 Å². The Morgan fingerprint density at radius 1 is 1.33 bits per heavy atom. The number of nitrogens with zero attached hydrogens (tertiary/aromatic N) is 2. The summed E-state index contributed by atoms with van der Waals surface area (Å²) >= 11 is 0. The van der Waals surface area contributed by atoms with Gasteiger partial charge in [-0.25, -0.2) is 18.2 Å². The van der Waals surface area contributed by atoms with E-state index in [1.807, 2.05) is 0 Å². The smallest absolute Gasteiger partial charge is 0.354 e. The van der Waals surface area contributed by atoms with Gasteiger partial charge in [0.2, 0.25) is 0 Å². The van der Waals surface area contributed by atoms with Gasteiger partial charge in [-0.2, -0.15) is 0 Å². The Labute approximate surface area is 123 Å². The minimum atomic E-state index is -3.21. The van der Waals surface area contributed by atoms with Gasteiger partial charge in [0.05, 0.1) is 5.75 Å². The quantitative estimate of drug-likeness (QED) is 0.827. The van der Waals surface area contributed by atoms with E-state index < -0.39 is 27.8 Å². The van der Waals surface area contributed by atoms with Gasteiger partial charge >= 0.3 is 5.97 Å². The van der Waals surface area contributed by atoms with Gasteiger partial charge in [-0.3, -0.25) is 4.79 Å². The molecule has 0 aliphatic heterocycles. The molecule has 0 aliphatic rings. The number of carboxylic acids is 1. The molecular formula is C13H18N2O5S. The van der Waals surface area contributed by atoms with E-state index in [1.54, 1.807) is 13.8 Å². The zero-order valence-corrected chi connectivity index (χ0v) is 12.9. The van der Waals surface area contributed by atoms with Crippen LogP contribution < -0.4 is 0 Å². The van der Waals surface area contributed by atoms with Crippen LogP contribution in [0.3, 0.4) is 0 Å². The number of hydrogen-bond donors (Lipinski definition) is 1. The molecule has 21 heavy (non-hydrogen) atoms. The molecule has 0 bridgehead atoms. The fourth-order valence-electron chi connectivity index (χ4n) is 1.65. The first-order chi connectivity index (χ1) is 9.68. The molecule has 8 heteroatoms. The van der Waals surface area contributed by atoms with Crippen molar-refractivity contribution in [3.05, 3.63) is 29.6 Å². The van der Waals surface area contributed by atoms with Crippen molar-refractivity contribution in [2.24, 2.45) is 0 Å². The SMILES string of the molecule is CCS(=O)(=O)CC(C)N(C)C(=O)c1cccc(C(=O)O)n1. The van der Waals surface area contributed by atoms with Gasteiger partial charge in [-0.1, -0.05) is 13.0 Å². The van der Waals surface area contributed by atoms with Gasteiger partial charge in [-0.05, 0) is 19.1 Å². The predicted molar refractivity (Wildman–Crippen MR) is 77.1 cm³/mol. The summed E-state index contributed by atoms with van der Waals surface area (Å²) in [4.78, 5) is 28.1. The van der Waals surface area contributed by atoms with Crippen LogP contribution in [-0.2, 0) is 9.84 Å². The number of carbonyl (C=O) groups excluding carboxylic acids is 1. The fraction of sp³-hybridized carbons (Fsp3) is 0.462. The Kier molecular flexibility index (Phi) is 5.42. The molecule has 0 radical (unpaired) electrons. The molecule has 0 aliphatic carbocycles. The number of amides is 1. The lowest BCUT2D eigenvalue weighted by Gasteiger charge is -2.24. The third kappa shape index (κ3) is 4.52. The van der Waals surface area contributed by atoms with E-state index in [9.17, 15) is 18.0 Å². The number of sulfone groups is 1. The Morgan fingerprint density at radius 2 is 1.90 bits per heavy atom. The number of pyridine rings is 1. The normalized spacial score (nSPS) is 12.7. The van der Waals surface area contributed by atoms with Crippen molar-refractivity contribution >= 4 is 21.7 Å². The molecule has 0 fully saturated rings. The van der Waals surface area contributed by atoms with Gasteiger partial charge in [0.15, 0.2) is 9.84 Å². The van der Waals surface area contributed by atoms with Crippen molar-refractivity contribution in [3.8, 4) is 0 Å². The third-order valence-electron chi connectivity index (χ3n) is 3.10. The van der Waals surface area contributed by atoms with Crippen molar-refractivity contribution < 1.29 is 23.1 Å². The highest BCUT2D eigenvalue weighted by atomic mass is 32.2. The monoisotopic (exact) mass is 314 g/mol. The number of aromatic carboxylic acids is 1. The first-order valence-electron chi connectivity index (χ1n) is 6.36. The Morgan fingerprint density at radius 3 is 2.43 bits per heavy atom. The number of aromatic nitrogens is 1. The number of carbonyl (C=O) groups is 2. The summed E-state index contributed by atoms with van der Waals surface area (Å²) in [6.07, 6.45) is 0. The molecule has 1 unspecified atom stereocenters. The Balaban J connectivity index is 2.92. The van der Waals surface area contributed by atoms with Gasteiger partial charge in [0, 0.05) is 18.8 Å². The van der Waals surface area contributed by atoms with Crippen molar-refractivity contribution in [2.75, 3.05) is 18.6 Å². The molecular weight excluding hydrogens is 296 g/mol. The molecule has 0 saturated carbocycles. The van der Waals surface area contributed by atoms with E-state index in [-0.39, 0.29) is 22.9 Å². The maximum atomic E-state index is 12.2. The predicted octanol–water partition coefficient (Wildman–Crippen LogP) is 0.675. The molecule has 1 amide bonds. The van der Waals surface area contributed by atoms with Gasteiger partial charge in [0.1, 0.15) is 11.4 Å². The van der Waals surface area contributed by atoms with Crippen LogP contribution in [0.2, 0.25) is 0 Å². The minimum absolute atomic E-state index is 0.00607. The highest BCUT2D eigenvalue weighted by molar-refractivity contribution is 7.91. The van der Waals surface area contributed by atoms with E-state index in [2.05, 4.69) is 4.98 Å². The second-order valence-electron chi connectivity index (χ2n) is 4.68. The first-order valence-corrected chi connectivity index (χ1v) is 8.18. The van der Waals surface area contributed by atoms with Crippen LogP contribution in [0.25, 0.3) is 0 Å². The summed E-state index contributed by atoms with van der Waals surface area (Å²) in [7, 11) is -1.74. The van der Waals surface area contributed by atoms with Gasteiger partial charge in [-0.15, -0.1) is 0 Å². The number of carboxylic acid groups (broad SMARTS) is 1. The van der Waals surface area contributed by atoms with E-state index in [0.29, 0.717) is 0 Å². The third-order valence-corrected chi connectivity index (χ3v) is 4.97. The second-order valence-corrected chi connectivity index (χ2v) is 7.08. The first kappa shape index (κ1) is 17.1. The molecule has 0 aromatic carbocycles. The number of hydrogen-bond acceptors (Lipinski definition) is 5. The average molecular weight is 314 g/mol. The minimum Gasteiger partial charge on any atom is -0.477 e. The van der Waals surface area contributed by atoms with Crippen LogP contribution >= 0.6 is 0 Å². The molecule has 1 aromatic rings. The summed E-state index contributed by atoms with van der Waals surface area (Å²) < 4.78 is 23.2. The lowest BCUT2D eigenvalue weighted by molar-refractivity contribution is 0.0690. The standard InChI is InChI=1S/C13H18N2O5S/c1-4-21(19,20)8-9(2)15(3)12(16)10-6-5-7-11(14-10)13(17)18/h5-7,9H,4,8H2,1-3H3,(H,17,18). The van der Waals surface area contributed by atoms with Crippen molar-refractivity contribution in [1.82, 2.24) is 9.88 Å². The molecule has 1 atom stereocenters. The van der Waals surface area contributed by atoms with E-state index >= 15 is 0 Å². The van der Waals surface area contributed by atoms with Crippen LogP contribution in [-0.4, -0.2) is 59.9 Å². The van der Waals surface area contributed by atoms with Gasteiger partial charge in [0.25, 0.3) is 5.91 Å². The highest BCUT2D eigenvalue weighted by Gasteiger charge is 2.23. The van der Waals surface area contributed by atoms with E-state index in [0.717, 1.165) is 0 Å². The molecule has 7 nitrogen and oxygen atoms in total. The van der Waals surface area contributed by atoms with Crippen molar-refractivity contribution in [1.29, 1.82) is 0 Å². The maximum absolute atomic E-state index is 12.2. The van der Waals surface area contributed by atoms with Crippen molar-refractivity contribution in [2.45, 2.75) is 19.9 Å². The van der Waals surface area contributed by atoms with E-state index in [4.69, 9.17) is 5.11 Å². The summed E-state index contributed by atoms with van der Waals surface area (Å²) in [5.41, 5.74) is -0.263. The maximum Gasteiger partial charge on any atom is 0.354 e. The summed E-state index contributed by atoms with van der Waals surface area (Å²) in [5, 5.41) is 8.86. The van der Waals surface area contributed by atoms with Crippen LogP contribution in [0.4, 0.5) is 0 Å². The number of rotatable bonds is 6. The molecule has 1 aromatic heterocycles. The van der Waals surface area contributed by atoms with Crippen molar-refractivity contribution in [3.63, 3.8) is 0 Å². The molecule has 1 N–H and O–H groups in total. The second kappa shape index (κ2) is 6.66. The zero-order valence-electron chi connectivity index (χ0n) is 12.1. The summed E-state index contributed by atoms with van der Waals surface area (Å²) in [6, 6.07) is 3.57. The lowest BCUT2D eigenvalue weighted by atomic mass is 10.2. The van der Waals surface area contributed by atoms with Crippen LogP contribution in [0.5, 0.6) is 0 Å². The van der Waals surface area contributed by atoms with Crippen LogP contribution in [0, 0.1) is 0 Å². The lowest BCUT2D eigenvalue weighted by Crippen LogP contribution is -2.40. The summed E-state index contributed by atoms with van der Waals surface area (Å²) in [6.45, 7) is 3.16. The molecule has 1 heterocycles. The van der Waals surface area contributed by atoms with E-state index in [1.165, 1.54) is 30.1 Å². The Bertz CT molecular complexity index is 642. The topological polar surface area (TPSA) is 105 Å².